The predicted molar refractivity (Wildman–Crippen MR) is 295 cm³/mol. The molecule has 0 spiro atoms. The number of sulfone groups is 1. The van der Waals surface area contributed by atoms with Gasteiger partial charge in [-0.25, -0.2) is 26.2 Å². The van der Waals surface area contributed by atoms with Crippen LogP contribution in [-0.4, -0.2) is 117 Å². The quantitative estimate of drug-likeness (QED) is 0.0356. The lowest BCUT2D eigenvalue weighted by atomic mass is 9.96. The number of benzene rings is 5. The topological polar surface area (TPSA) is 211 Å². The Kier molecular flexibility index (Phi) is 17.3. The number of hydrogen-bond donors (Lipinski definition) is 5. The third kappa shape index (κ3) is 13.5. The van der Waals surface area contributed by atoms with E-state index in [4.69, 9.17) is 16.1 Å². The minimum Gasteiger partial charge on any atom is -0.478 e. The molecule has 21 heteroatoms. The summed E-state index contributed by atoms with van der Waals surface area (Å²) >= 11 is 7.87. The van der Waals surface area contributed by atoms with Crippen molar-refractivity contribution in [3.63, 3.8) is 0 Å². The molecule has 1 unspecified atom stereocenters. The molecule has 0 bridgehead atoms. The molecule has 2 fully saturated rings. The van der Waals surface area contributed by atoms with Crippen molar-refractivity contribution in [3.8, 4) is 22.4 Å². The first-order valence-corrected chi connectivity index (χ1v) is 30.6. The number of carboxylic acid groups (broad SMARTS) is 1. The van der Waals surface area contributed by atoms with E-state index in [1.54, 1.807) is 23.9 Å². The number of sulfonamides is 1. The maximum atomic E-state index is 13.9. The number of rotatable bonds is 20. The Balaban J connectivity index is 0.929. The Morgan fingerprint density at radius 2 is 1.46 bits per heavy atom. The summed E-state index contributed by atoms with van der Waals surface area (Å²) in [5, 5.41) is 14.6. The molecule has 5 N–H and O–H groups in total. The number of likely N-dealkylation sites (tertiary alicyclic amines) is 1. The van der Waals surface area contributed by atoms with E-state index in [0.717, 1.165) is 39.3 Å². The van der Waals surface area contributed by atoms with Crippen LogP contribution in [-0.2, 0) is 28.9 Å². The molecule has 3 heterocycles. The van der Waals surface area contributed by atoms with Crippen LogP contribution in [0.2, 0.25) is 5.02 Å². The second-order valence-corrected chi connectivity index (χ2v) is 25.3. The summed E-state index contributed by atoms with van der Waals surface area (Å²) in [7, 11) is -12.7. The van der Waals surface area contributed by atoms with Crippen LogP contribution in [0.4, 0.5) is 22.7 Å². The molecule has 2 saturated heterocycles. The summed E-state index contributed by atoms with van der Waals surface area (Å²) in [5.41, 5.74) is 6.54. The van der Waals surface area contributed by atoms with Gasteiger partial charge in [0.1, 0.15) is 0 Å². The van der Waals surface area contributed by atoms with E-state index < -0.39 is 39.8 Å². The van der Waals surface area contributed by atoms with Crippen LogP contribution in [0, 0.1) is 6.92 Å². The number of thioether (sulfide) groups is 1. The van der Waals surface area contributed by atoms with Crippen molar-refractivity contribution < 1.29 is 45.6 Å². The Hall–Kier alpha value is -5.34. The average molecular weight is 1110 g/mol. The number of phosphoric acid groups is 1. The van der Waals surface area contributed by atoms with E-state index in [0.29, 0.717) is 92.8 Å². The molecule has 74 heavy (non-hydrogen) atoms. The van der Waals surface area contributed by atoms with Gasteiger partial charge in [-0.2, -0.15) is 0 Å². The monoisotopic (exact) mass is 1100 g/mol. The zero-order chi connectivity index (χ0) is 53.0. The van der Waals surface area contributed by atoms with Gasteiger partial charge in [0, 0.05) is 108 Å². The molecule has 5 aromatic carbocycles. The van der Waals surface area contributed by atoms with Crippen LogP contribution < -0.4 is 19.8 Å². The number of aromatic nitrogens is 1. The third-order valence-electron chi connectivity index (χ3n) is 13.4. The number of phosphoric ester groups is 1. The zero-order valence-electron chi connectivity index (χ0n) is 41.6. The van der Waals surface area contributed by atoms with Crippen LogP contribution in [0.3, 0.4) is 0 Å². The van der Waals surface area contributed by atoms with Crippen molar-refractivity contribution >= 4 is 79.8 Å². The Labute approximate surface area is 442 Å². The van der Waals surface area contributed by atoms with E-state index >= 15 is 0 Å². The largest absolute Gasteiger partial charge is 0.478 e. The Morgan fingerprint density at radius 3 is 2.07 bits per heavy atom. The molecule has 1 aromatic heterocycles. The number of piperazine rings is 1. The maximum absolute atomic E-state index is 13.9. The van der Waals surface area contributed by atoms with Crippen molar-refractivity contribution in [3.05, 3.63) is 138 Å². The van der Waals surface area contributed by atoms with Crippen molar-refractivity contribution in [1.82, 2.24) is 9.47 Å². The molecule has 394 valence electrons. The summed E-state index contributed by atoms with van der Waals surface area (Å²) in [6, 6.07) is 36.2. The predicted octanol–water partition coefficient (Wildman–Crippen LogP) is 10.1. The minimum absolute atomic E-state index is 0.00608. The molecule has 1 atom stereocenters. The number of nitrogens with one attached hydrogen (secondary N) is 2. The number of halogens is 1. The van der Waals surface area contributed by atoms with Crippen molar-refractivity contribution in [2.24, 2.45) is 0 Å². The molecule has 0 aliphatic carbocycles. The lowest BCUT2D eigenvalue weighted by Gasteiger charge is -2.37. The second-order valence-electron chi connectivity index (χ2n) is 19.0. The molecule has 16 nitrogen and oxygen atoms in total. The summed E-state index contributed by atoms with van der Waals surface area (Å²) in [6.07, 6.45) is 2.05. The average Bonchev–Trinajstić information content (AvgIpc) is 3.68. The molecule has 0 saturated carbocycles. The van der Waals surface area contributed by atoms with Gasteiger partial charge in [0.15, 0.2) is 9.84 Å². The van der Waals surface area contributed by atoms with Gasteiger partial charge in [-0.3, -0.25) is 9.25 Å². The highest BCUT2D eigenvalue weighted by Crippen LogP contribution is 2.43. The Bertz CT molecular complexity index is 3220. The van der Waals surface area contributed by atoms with Gasteiger partial charge in [0.2, 0.25) is 0 Å². The molecule has 6 aromatic rings. The maximum Gasteiger partial charge on any atom is 0.469 e. The summed E-state index contributed by atoms with van der Waals surface area (Å²) in [4.78, 5) is 38.7. The highest BCUT2D eigenvalue weighted by atomic mass is 35.5. The number of carboxylic acids is 1. The zero-order valence-corrected chi connectivity index (χ0v) is 45.7. The lowest BCUT2D eigenvalue weighted by Crippen LogP contribution is -2.46. The van der Waals surface area contributed by atoms with Crippen LogP contribution in [0.15, 0.2) is 136 Å². The van der Waals surface area contributed by atoms with E-state index in [2.05, 4.69) is 35.4 Å². The van der Waals surface area contributed by atoms with E-state index in [-0.39, 0.29) is 33.1 Å². The van der Waals surface area contributed by atoms with E-state index in [9.17, 15) is 41.1 Å². The summed E-state index contributed by atoms with van der Waals surface area (Å²) in [6.45, 7) is 10.4. The first kappa shape index (κ1) is 54.9. The van der Waals surface area contributed by atoms with Crippen LogP contribution in [0.1, 0.15) is 55.2 Å². The van der Waals surface area contributed by atoms with Crippen LogP contribution >= 0.6 is 31.2 Å². The standard InChI is InChI=1S/C53H62ClN6O10PS3/c1-36(2)60-37(3)50(53(61)62)51(52(60)38-13-15-40(54)16-14-38)39-9-8-10-44(33-39)59-31-29-58(30-32-59)43-19-17-41(18-20-43)56-74(68,69)47-21-22-48(49(34-47)73(4,66)67)55-42(35-72-46-11-6-5-7-12-46)23-26-57-27-24-45(25-28-57)70-71(63,64)65/h5-22,33-34,36,42,45,55-56H,23-32,35H2,1-4H3,(H,61,62)(H2,63,64,65). The summed E-state index contributed by atoms with van der Waals surface area (Å²) in [5.74, 6) is -0.419. The van der Waals surface area contributed by atoms with Crippen LogP contribution in [0.25, 0.3) is 22.4 Å². The molecule has 0 amide bonds. The molecule has 8 rings (SSSR count). The van der Waals surface area contributed by atoms with Crippen molar-refractivity contribution in [2.45, 2.75) is 72.9 Å². The fraction of sp³-hybridized carbons (Fsp3) is 0.340. The van der Waals surface area contributed by atoms with Gasteiger partial charge in [-0.15, -0.1) is 11.8 Å². The molecule has 0 radical (unpaired) electrons. The minimum atomic E-state index is -4.59. The number of hydrogen-bond acceptors (Lipinski definition) is 12. The van der Waals surface area contributed by atoms with Crippen LogP contribution in [0.5, 0.6) is 0 Å². The van der Waals surface area contributed by atoms with E-state index in [1.165, 1.54) is 18.2 Å². The number of piperidine rings is 1. The van der Waals surface area contributed by atoms with Gasteiger partial charge >= 0.3 is 13.8 Å². The van der Waals surface area contributed by atoms with Gasteiger partial charge in [-0.1, -0.05) is 54.1 Å². The normalized spacial score (nSPS) is 15.6. The summed E-state index contributed by atoms with van der Waals surface area (Å²) < 4.78 is 75.4. The van der Waals surface area contributed by atoms with Gasteiger partial charge in [0.05, 0.1) is 32.8 Å². The first-order chi connectivity index (χ1) is 35.1. The molecule has 2 aliphatic rings. The van der Waals surface area contributed by atoms with Gasteiger partial charge in [-0.05, 0) is 130 Å². The smallest absolute Gasteiger partial charge is 0.469 e. The Morgan fingerprint density at radius 1 is 0.811 bits per heavy atom. The molecular formula is C53H62ClN6O10PS3. The number of carbonyl (C=O) groups is 1. The highest BCUT2D eigenvalue weighted by Gasteiger charge is 2.30. The molecular weight excluding hydrogens is 1040 g/mol. The fourth-order valence-electron chi connectivity index (χ4n) is 9.82. The van der Waals surface area contributed by atoms with Crippen molar-refractivity contribution in [2.75, 3.05) is 77.7 Å². The first-order valence-electron chi connectivity index (χ1n) is 24.4. The number of anilines is 4. The van der Waals surface area contributed by atoms with Gasteiger partial charge < -0.3 is 39.5 Å². The second kappa shape index (κ2) is 23.3. The van der Waals surface area contributed by atoms with E-state index in [1.807, 2.05) is 106 Å². The van der Waals surface area contributed by atoms with Crippen molar-refractivity contribution in [1.29, 1.82) is 0 Å². The van der Waals surface area contributed by atoms with Gasteiger partial charge in [0.25, 0.3) is 10.0 Å². The molecule has 2 aliphatic heterocycles. The fourth-order valence-corrected chi connectivity index (χ4v) is 13.6. The SMILES string of the molecule is Cc1c(C(=O)O)c(-c2cccc(N3CCN(c4ccc(NS(=O)(=O)c5ccc(NC(CCN6CCC(OP(=O)(O)O)CC6)CSc6ccccc6)c(S(C)(=O)=O)c5)cc4)CC3)c2)c(-c2ccc(Cl)cc2)n1C(C)C. The lowest BCUT2D eigenvalue weighted by molar-refractivity contribution is 0.0690. The number of aromatic carboxylic acids is 1. The highest BCUT2D eigenvalue weighted by molar-refractivity contribution is 7.99. The number of nitrogens with zero attached hydrogens (tertiary/aromatic N) is 4. The third-order valence-corrected chi connectivity index (χ3v) is 17.9.